The summed E-state index contributed by atoms with van der Waals surface area (Å²) in [5, 5.41) is 3.21. The molecule has 1 heterocycles. The molecule has 0 aliphatic carbocycles. The smallest absolute Gasteiger partial charge is 0.194 e. The molecule has 0 fully saturated rings. The number of hydrogen-bond acceptors (Lipinski definition) is 2. The van der Waals surface area contributed by atoms with Gasteiger partial charge in [0.15, 0.2) is 17.5 Å². The SMILES string of the molecule is CCCNC(c1cncc(C)c1)c1cc(F)c(F)c(F)c1. The molecule has 0 aliphatic heterocycles. The van der Waals surface area contributed by atoms with E-state index in [-0.39, 0.29) is 0 Å². The average Bonchev–Trinajstić information content (AvgIpc) is 2.45. The topological polar surface area (TPSA) is 24.9 Å². The zero-order chi connectivity index (χ0) is 15.4. The summed E-state index contributed by atoms with van der Waals surface area (Å²) in [7, 11) is 0. The lowest BCUT2D eigenvalue weighted by Crippen LogP contribution is -2.24. The van der Waals surface area contributed by atoms with Crippen molar-refractivity contribution in [2.75, 3.05) is 6.54 Å². The lowest BCUT2D eigenvalue weighted by molar-refractivity contribution is 0.442. The first-order chi connectivity index (χ1) is 10.0. The maximum absolute atomic E-state index is 13.5. The summed E-state index contributed by atoms with van der Waals surface area (Å²) in [5.41, 5.74) is 2.07. The highest BCUT2D eigenvalue weighted by Crippen LogP contribution is 2.25. The molecule has 0 saturated carbocycles. The number of rotatable bonds is 5. The van der Waals surface area contributed by atoms with Crippen molar-refractivity contribution in [2.24, 2.45) is 0 Å². The third kappa shape index (κ3) is 3.61. The fraction of sp³-hybridized carbons (Fsp3) is 0.312. The van der Waals surface area contributed by atoms with Crippen molar-refractivity contribution in [1.82, 2.24) is 10.3 Å². The van der Waals surface area contributed by atoms with E-state index in [4.69, 9.17) is 0 Å². The molecule has 2 nitrogen and oxygen atoms in total. The molecule has 0 bridgehead atoms. The normalized spacial score (nSPS) is 12.4. The Labute approximate surface area is 122 Å². The molecular weight excluding hydrogens is 277 g/mol. The van der Waals surface area contributed by atoms with Crippen LogP contribution in [0.1, 0.15) is 36.1 Å². The van der Waals surface area contributed by atoms with Crippen molar-refractivity contribution >= 4 is 0 Å². The van der Waals surface area contributed by atoms with E-state index in [9.17, 15) is 13.2 Å². The van der Waals surface area contributed by atoms with E-state index in [1.54, 1.807) is 12.4 Å². The monoisotopic (exact) mass is 294 g/mol. The molecule has 2 aromatic rings. The van der Waals surface area contributed by atoms with Crippen LogP contribution in [0.4, 0.5) is 13.2 Å². The predicted molar refractivity (Wildman–Crippen MR) is 75.4 cm³/mol. The van der Waals surface area contributed by atoms with Crippen LogP contribution < -0.4 is 5.32 Å². The molecular formula is C16H17F3N2. The summed E-state index contributed by atoms with van der Waals surface area (Å²) in [6.07, 6.45) is 4.20. The minimum atomic E-state index is -1.45. The van der Waals surface area contributed by atoms with Gasteiger partial charge in [-0.2, -0.15) is 0 Å². The van der Waals surface area contributed by atoms with E-state index in [1.807, 2.05) is 19.9 Å². The number of nitrogens with one attached hydrogen (secondary N) is 1. The number of halogens is 3. The van der Waals surface area contributed by atoms with Crippen molar-refractivity contribution in [3.8, 4) is 0 Å². The maximum atomic E-state index is 13.5. The first-order valence-electron chi connectivity index (χ1n) is 6.82. The molecule has 0 aliphatic rings. The van der Waals surface area contributed by atoms with Gasteiger partial charge in [-0.3, -0.25) is 4.98 Å². The summed E-state index contributed by atoms with van der Waals surface area (Å²) in [4.78, 5) is 4.10. The molecule has 1 aromatic heterocycles. The second-order valence-corrected chi connectivity index (χ2v) is 4.98. The van der Waals surface area contributed by atoms with Gasteiger partial charge in [-0.1, -0.05) is 13.0 Å². The quantitative estimate of drug-likeness (QED) is 0.846. The van der Waals surface area contributed by atoms with Crippen LogP contribution in [0.15, 0.2) is 30.6 Å². The van der Waals surface area contributed by atoms with Gasteiger partial charge < -0.3 is 5.32 Å². The molecule has 1 aromatic carbocycles. The molecule has 5 heteroatoms. The van der Waals surface area contributed by atoms with Crippen LogP contribution in [0.25, 0.3) is 0 Å². The van der Waals surface area contributed by atoms with Gasteiger partial charge in [0, 0.05) is 12.4 Å². The summed E-state index contributed by atoms with van der Waals surface area (Å²) in [6, 6.07) is 3.50. The van der Waals surface area contributed by atoms with Gasteiger partial charge in [-0.05, 0) is 48.7 Å². The van der Waals surface area contributed by atoms with Crippen LogP contribution in [0.3, 0.4) is 0 Å². The molecule has 0 radical (unpaired) electrons. The van der Waals surface area contributed by atoms with E-state index in [2.05, 4.69) is 10.3 Å². The van der Waals surface area contributed by atoms with E-state index in [0.29, 0.717) is 12.1 Å². The lowest BCUT2D eigenvalue weighted by Gasteiger charge is -2.20. The Balaban J connectivity index is 2.45. The fourth-order valence-electron chi connectivity index (χ4n) is 2.19. The van der Waals surface area contributed by atoms with Crippen LogP contribution in [0.5, 0.6) is 0 Å². The molecule has 112 valence electrons. The first kappa shape index (κ1) is 15.5. The van der Waals surface area contributed by atoms with Crippen molar-refractivity contribution < 1.29 is 13.2 Å². The van der Waals surface area contributed by atoms with Crippen LogP contribution in [0, 0.1) is 24.4 Å². The summed E-state index contributed by atoms with van der Waals surface area (Å²) in [6.45, 7) is 4.54. The number of nitrogens with zero attached hydrogens (tertiary/aromatic N) is 1. The maximum Gasteiger partial charge on any atom is 0.194 e. The van der Waals surface area contributed by atoms with Gasteiger partial charge in [0.2, 0.25) is 0 Å². The van der Waals surface area contributed by atoms with E-state index in [1.165, 1.54) is 0 Å². The Morgan fingerprint density at radius 1 is 1.05 bits per heavy atom. The summed E-state index contributed by atoms with van der Waals surface area (Å²) >= 11 is 0. The second-order valence-electron chi connectivity index (χ2n) is 4.98. The highest BCUT2D eigenvalue weighted by Gasteiger charge is 2.19. The van der Waals surface area contributed by atoms with Gasteiger partial charge in [-0.15, -0.1) is 0 Å². The van der Waals surface area contributed by atoms with Gasteiger partial charge in [-0.25, -0.2) is 13.2 Å². The van der Waals surface area contributed by atoms with Crippen LogP contribution in [-0.2, 0) is 0 Å². The van der Waals surface area contributed by atoms with Crippen molar-refractivity contribution in [3.05, 3.63) is 64.7 Å². The standard InChI is InChI=1S/C16H17F3N2/c1-3-4-21-16(12-5-10(2)8-20-9-12)11-6-13(17)15(19)14(18)7-11/h5-9,16,21H,3-4H2,1-2H3. The Kier molecular flexibility index (Phi) is 4.96. The van der Waals surface area contributed by atoms with Crippen molar-refractivity contribution in [3.63, 3.8) is 0 Å². The molecule has 0 amide bonds. The zero-order valence-corrected chi connectivity index (χ0v) is 12.0. The molecule has 21 heavy (non-hydrogen) atoms. The molecule has 1 unspecified atom stereocenters. The van der Waals surface area contributed by atoms with Crippen molar-refractivity contribution in [1.29, 1.82) is 0 Å². The minimum Gasteiger partial charge on any atom is -0.306 e. The number of hydrogen-bond donors (Lipinski definition) is 1. The highest BCUT2D eigenvalue weighted by molar-refractivity contribution is 5.33. The van der Waals surface area contributed by atoms with Gasteiger partial charge in [0.1, 0.15) is 0 Å². The van der Waals surface area contributed by atoms with E-state index >= 15 is 0 Å². The lowest BCUT2D eigenvalue weighted by atomic mass is 9.98. The average molecular weight is 294 g/mol. The third-order valence-corrected chi connectivity index (χ3v) is 3.17. The predicted octanol–water partition coefficient (Wildman–Crippen LogP) is 3.90. The van der Waals surface area contributed by atoms with Crippen LogP contribution in [-0.4, -0.2) is 11.5 Å². The highest BCUT2D eigenvalue weighted by atomic mass is 19.2. The minimum absolute atomic E-state index is 0.340. The van der Waals surface area contributed by atoms with E-state index < -0.39 is 23.5 Å². The number of pyridine rings is 1. The summed E-state index contributed by atoms with van der Waals surface area (Å²) < 4.78 is 40.0. The number of benzene rings is 1. The second kappa shape index (κ2) is 6.72. The Morgan fingerprint density at radius 3 is 2.29 bits per heavy atom. The van der Waals surface area contributed by atoms with Gasteiger partial charge in [0.25, 0.3) is 0 Å². The third-order valence-electron chi connectivity index (χ3n) is 3.17. The molecule has 0 spiro atoms. The number of aromatic nitrogens is 1. The van der Waals surface area contributed by atoms with Crippen molar-refractivity contribution in [2.45, 2.75) is 26.3 Å². The fourth-order valence-corrected chi connectivity index (χ4v) is 2.19. The zero-order valence-electron chi connectivity index (χ0n) is 12.0. The number of aryl methyl sites for hydroxylation is 1. The van der Waals surface area contributed by atoms with Crippen LogP contribution >= 0.6 is 0 Å². The Bertz CT molecular complexity index is 606. The summed E-state index contributed by atoms with van der Waals surface area (Å²) in [5.74, 6) is -3.82. The Morgan fingerprint density at radius 2 is 1.71 bits per heavy atom. The molecule has 2 rings (SSSR count). The van der Waals surface area contributed by atoms with Gasteiger partial charge >= 0.3 is 0 Å². The largest absolute Gasteiger partial charge is 0.306 e. The molecule has 1 N–H and O–H groups in total. The molecule has 1 atom stereocenters. The van der Waals surface area contributed by atoms with Crippen LogP contribution in [0.2, 0.25) is 0 Å². The Hall–Kier alpha value is -1.88. The molecule has 0 saturated heterocycles. The van der Waals surface area contributed by atoms with E-state index in [0.717, 1.165) is 29.7 Å². The van der Waals surface area contributed by atoms with Gasteiger partial charge in [0.05, 0.1) is 6.04 Å². The first-order valence-corrected chi connectivity index (χ1v) is 6.82.